The molecule has 39 heavy (non-hydrogen) atoms. The number of nitrogens with one attached hydrogen (secondary N) is 1. The Morgan fingerprint density at radius 2 is 1.77 bits per heavy atom. The topological polar surface area (TPSA) is 181 Å². The highest BCUT2D eigenvalue weighted by atomic mass is 16.5. The number of nitrogens with two attached hydrogens (primary N) is 2. The Morgan fingerprint density at radius 1 is 0.974 bits per heavy atom. The second-order valence-electron chi connectivity index (χ2n) is 8.81. The molecule has 0 bridgehead atoms. The fourth-order valence-electron chi connectivity index (χ4n) is 3.65. The Kier molecular flexibility index (Phi) is 11.6. The van der Waals surface area contributed by atoms with Crippen molar-refractivity contribution in [1.82, 2.24) is 25.3 Å². The van der Waals surface area contributed by atoms with Gasteiger partial charge >= 0.3 is 5.97 Å². The molecule has 0 aliphatic rings. The van der Waals surface area contributed by atoms with Crippen LogP contribution in [-0.4, -0.2) is 78.9 Å². The molecule has 1 amide bonds. The number of unbranched alkanes of at least 4 members (excludes halogenated alkanes) is 2. The third kappa shape index (κ3) is 9.61. The largest absolute Gasteiger partial charge is 0.462 e. The van der Waals surface area contributed by atoms with Crippen molar-refractivity contribution in [3.63, 3.8) is 0 Å². The molecule has 13 nitrogen and oxygen atoms in total. The van der Waals surface area contributed by atoms with Crippen molar-refractivity contribution in [2.45, 2.75) is 32.2 Å². The summed E-state index contributed by atoms with van der Waals surface area (Å²) in [5, 5.41) is 2.81. The van der Waals surface area contributed by atoms with E-state index in [1.165, 1.54) is 0 Å². The highest BCUT2D eigenvalue weighted by molar-refractivity contribution is 5.89. The number of hydrogen-bond donors (Lipinski definition) is 3. The van der Waals surface area contributed by atoms with Gasteiger partial charge in [-0.2, -0.15) is 9.97 Å². The van der Waals surface area contributed by atoms with E-state index in [1.54, 1.807) is 25.4 Å². The third-order valence-corrected chi connectivity index (χ3v) is 5.73. The first kappa shape index (κ1) is 29.5. The standard InChI is InChI=1S/C26H36N8O5/c1-34(17-19-16-30-24-22(31-19)23(27)32-26(28)33-24)20-9-7-18(8-10-20)25(36)39-12-5-3-4-6-21(35)29-11-13-38-15-14-37-2/h7-10,16H,3-6,11-15,17H2,1-2H3,(H,29,35)(H4,27,28,30,32,33). The fourth-order valence-corrected chi connectivity index (χ4v) is 3.65. The summed E-state index contributed by atoms with van der Waals surface area (Å²) in [6.45, 7) is 2.74. The van der Waals surface area contributed by atoms with Crippen LogP contribution in [-0.2, 0) is 25.5 Å². The van der Waals surface area contributed by atoms with Crippen LogP contribution >= 0.6 is 0 Å². The van der Waals surface area contributed by atoms with Crippen molar-refractivity contribution in [1.29, 1.82) is 0 Å². The summed E-state index contributed by atoms with van der Waals surface area (Å²) in [5.41, 5.74) is 14.3. The van der Waals surface area contributed by atoms with E-state index in [4.69, 9.17) is 25.7 Å². The van der Waals surface area contributed by atoms with Gasteiger partial charge in [0.05, 0.1) is 50.4 Å². The molecule has 0 fully saturated rings. The lowest BCUT2D eigenvalue weighted by atomic mass is 10.2. The van der Waals surface area contributed by atoms with Crippen molar-refractivity contribution in [2.24, 2.45) is 0 Å². The molecule has 2 heterocycles. The average Bonchev–Trinajstić information content (AvgIpc) is 2.92. The van der Waals surface area contributed by atoms with Crippen molar-refractivity contribution >= 4 is 40.5 Å². The highest BCUT2D eigenvalue weighted by Crippen LogP contribution is 2.19. The number of nitrogen functional groups attached to an aromatic ring is 2. The van der Waals surface area contributed by atoms with E-state index in [0.717, 1.165) is 18.5 Å². The molecule has 13 heteroatoms. The first-order valence-corrected chi connectivity index (χ1v) is 12.7. The van der Waals surface area contributed by atoms with Gasteiger partial charge in [-0.1, -0.05) is 0 Å². The number of hydrogen-bond acceptors (Lipinski definition) is 12. The van der Waals surface area contributed by atoms with E-state index in [-0.39, 0.29) is 23.6 Å². The third-order valence-electron chi connectivity index (χ3n) is 5.73. The van der Waals surface area contributed by atoms with Crippen LogP contribution < -0.4 is 21.7 Å². The molecule has 0 atom stereocenters. The van der Waals surface area contributed by atoms with Crippen LogP contribution in [0.2, 0.25) is 0 Å². The second kappa shape index (κ2) is 15.3. The first-order valence-electron chi connectivity index (χ1n) is 12.7. The van der Waals surface area contributed by atoms with Crippen LogP contribution in [0.4, 0.5) is 17.5 Å². The maximum atomic E-state index is 12.4. The summed E-state index contributed by atoms with van der Waals surface area (Å²) >= 11 is 0. The molecule has 0 aliphatic heterocycles. The normalized spacial score (nSPS) is 10.9. The van der Waals surface area contributed by atoms with Gasteiger partial charge in [-0.05, 0) is 43.5 Å². The van der Waals surface area contributed by atoms with Crippen molar-refractivity contribution in [3.05, 3.63) is 41.7 Å². The van der Waals surface area contributed by atoms with Crippen molar-refractivity contribution < 1.29 is 23.8 Å². The van der Waals surface area contributed by atoms with Crippen LogP contribution in [0.25, 0.3) is 11.2 Å². The maximum absolute atomic E-state index is 12.4. The van der Waals surface area contributed by atoms with Gasteiger partial charge in [-0.3, -0.25) is 4.79 Å². The van der Waals surface area contributed by atoms with Crippen molar-refractivity contribution in [2.75, 3.05) is 63.5 Å². The lowest BCUT2D eigenvalue weighted by Gasteiger charge is -2.19. The molecule has 0 saturated carbocycles. The smallest absolute Gasteiger partial charge is 0.338 e. The monoisotopic (exact) mass is 540 g/mol. The molecular formula is C26H36N8O5. The molecule has 1 aromatic carbocycles. The number of rotatable bonds is 16. The number of benzene rings is 1. The van der Waals surface area contributed by atoms with Crippen LogP contribution in [0.15, 0.2) is 30.5 Å². The number of aromatic nitrogens is 4. The van der Waals surface area contributed by atoms with Crippen molar-refractivity contribution in [3.8, 4) is 0 Å². The van der Waals surface area contributed by atoms with E-state index >= 15 is 0 Å². The van der Waals surface area contributed by atoms with Gasteiger partial charge in [-0.25, -0.2) is 14.8 Å². The van der Waals surface area contributed by atoms with E-state index < -0.39 is 0 Å². The Bertz CT molecular complexity index is 1220. The predicted molar refractivity (Wildman–Crippen MR) is 147 cm³/mol. The number of ether oxygens (including phenoxy) is 3. The van der Waals surface area contributed by atoms with E-state index in [1.807, 2.05) is 24.1 Å². The Balaban J connectivity index is 1.34. The van der Waals surface area contributed by atoms with E-state index in [2.05, 4.69) is 25.3 Å². The SMILES string of the molecule is COCCOCCNC(=O)CCCCCOC(=O)c1ccc(N(C)Cc2cnc3nc(N)nc(N)c3n2)cc1. The van der Waals surface area contributed by atoms with Gasteiger partial charge in [0.25, 0.3) is 0 Å². The molecule has 0 unspecified atom stereocenters. The van der Waals surface area contributed by atoms with Gasteiger partial charge in [0.1, 0.15) is 0 Å². The molecule has 0 aliphatic carbocycles. The van der Waals surface area contributed by atoms with E-state index in [0.29, 0.717) is 74.8 Å². The van der Waals surface area contributed by atoms with Crippen LogP contribution in [0.1, 0.15) is 41.7 Å². The van der Waals surface area contributed by atoms with Crippen LogP contribution in [0, 0.1) is 0 Å². The van der Waals surface area contributed by atoms with Gasteiger partial charge in [0, 0.05) is 32.8 Å². The summed E-state index contributed by atoms with van der Waals surface area (Å²) in [4.78, 5) is 42.9. The zero-order chi connectivity index (χ0) is 28.0. The fraction of sp³-hybridized carbons (Fsp3) is 0.462. The van der Waals surface area contributed by atoms with E-state index in [9.17, 15) is 9.59 Å². The minimum atomic E-state index is -0.384. The lowest BCUT2D eigenvalue weighted by Crippen LogP contribution is -2.27. The molecule has 0 spiro atoms. The number of carbonyl (C=O) groups excluding carboxylic acids is 2. The number of methoxy groups -OCH3 is 1. The predicted octanol–water partition coefficient (Wildman–Crippen LogP) is 1.72. The molecule has 2 aromatic heterocycles. The number of amides is 1. The molecule has 3 aromatic rings. The number of nitrogens with zero attached hydrogens (tertiary/aromatic N) is 5. The maximum Gasteiger partial charge on any atom is 0.338 e. The zero-order valence-corrected chi connectivity index (χ0v) is 22.4. The average molecular weight is 541 g/mol. The van der Waals surface area contributed by atoms with Gasteiger partial charge < -0.3 is 35.9 Å². The Hall–Kier alpha value is -4.10. The minimum absolute atomic E-state index is 0.0108. The molecular weight excluding hydrogens is 504 g/mol. The molecule has 3 rings (SSSR count). The number of esters is 1. The van der Waals surface area contributed by atoms with Gasteiger partial charge in [0.2, 0.25) is 11.9 Å². The molecule has 0 saturated heterocycles. The summed E-state index contributed by atoms with van der Waals surface area (Å²) in [7, 11) is 3.51. The number of fused-ring (bicyclic) bond motifs is 1. The summed E-state index contributed by atoms with van der Waals surface area (Å²) < 4.78 is 15.6. The number of carbonyl (C=O) groups is 2. The van der Waals surface area contributed by atoms with Gasteiger partial charge in [0.15, 0.2) is 17.0 Å². The quantitative estimate of drug-likeness (QED) is 0.177. The zero-order valence-electron chi connectivity index (χ0n) is 22.4. The molecule has 5 N–H and O–H groups in total. The first-order chi connectivity index (χ1) is 18.9. The second-order valence-corrected chi connectivity index (χ2v) is 8.81. The summed E-state index contributed by atoms with van der Waals surface area (Å²) in [6, 6.07) is 7.12. The van der Waals surface area contributed by atoms with Gasteiger partial charge in [-0.15, -0.1) is 0 Å². The highest BCUT2D eigenvalue weighted by Gasteiger charge is 2.12. The Morgan fingerprint density at radius 3 is 2.54 bits per heavy atom. The summed E-state index contributed by atoms with van der Waals surface area (Å²) in [6.07, 6.45) is 4.25. The molecule has 0 radical (unpaired) electrons. The number of anilines is 3. The minimum Gasteiger partial charge on any atom is -0.462 e. The molecule has 210 valence electrons. The van der Waals surface area contributed by atoms with Crippen LogP contribution in [0.5, 0.6) is 0 Å². The summed E-state index contributed by atoms with van der Waals surface area (Å²) in [5.74, 6) is -0.165. The lowest BCUT2D eigenvalue weighted by molar-refractivity contribution is -0.121. The Labute approximate surface area is 227 Å². The van der Waals surface area contributed by atoms with Crippen LogP contribution in [0.3, 0.4) is 0 Å².